The topological polar surface area (TPSA) is 79.0 Å². The maximum atomic E-state index is 13.3. The molecule has 4 rings (SSSR count). The molecule has 1 atom stereocenters. The van der Waals surface area contributed by atoms with E-state index < -0.39 is 23.8 Å². The molecule has 0 spiro atoms. The van der Waals surface area contributed by atoms with E-state index in [1.165, 1.54) is 24.3 Å². The Morgan fingerprint density at radius 3 is 2.32 bits per heavy atom. The summed E-state index contributed by atoms with van der Waals surface area (Å²) in [6, 6.07) is 10.7. The lowest BCUT2D eigenvalue weighted by Gasteiger charge is -2.27. The van der Waals surface area contributed by atoms with Gasteiger partial charge >= 0.3 is 6.03 Å². The molecule has 0 bridgehead atoms. The van der Waals surface area contributed by atoms with Crippen molar-refractivity contribution in [1.29, 1.82) is 0 Å². The normalized spacial score (nSPS) is 19.2. The summed E-state index contributed by atoms with van der Waals surface area (Å²) < 4.78 is 18.4. The maximum Gasteiger partial charge on any atom is 0.332 e. The lowest BCUT2D eigenvalue weighted by atomic mass is 10.1. The van der Waals surface area contributed by atoms with Crippen LogP contribution in [0.2, 0.25) is 0 Å². The molecule has 0 aromatic heterocycles. The summed E-state index contributed by atoms with van der Waals surface area (Å²) in [5.74, 6) is -0.614. The van der Waals surface area contributed by atoms with E-state index in [4.69, 9.17) is 4.74 Å². The Morgan fingerprint density at radius 1 is 1.06 bits per heavy atom. The third-order valence-electron chi connectivity index (χ3n) is 5.81. The van der Waals surface area contributed by atoms with Gasteiger partial charge in [0.25, 0.3) is 5.91 Å². The molecule has 7 nitrogen and oxygen atoms in total. The maximum absolute atomic E-state index is 13.3. The van der Waals surface area contributed by atoms with Gasteiger partial charge in [-0.2, -0.15) is 0 Å². The molecule has 8 heteroatoms. The lowest BCUT2D eigenvalue weighted by Crippen LogP contribution is -2.43. The zero-order valence-electron chi connectivity index (χ0n) is 17.2. The SMILES string of the molecule is COc1ccc(NC(=O)CC2C(=O)N(c3ccc(F)cc3)C(=O)N2C2CCCC2)cc1. The summed E-state index contributed by atoms with van der Waals surface area (Å²) in [5.41, 5.74) is 0.878. The smallest absolute Gasteiger partial charge is 0.332 e. The second-order valence-corrected chi connectivity index (χ2v) is 7.77. The molecule has 4 amide bonds. The van der Waals surface area contributed by atoms with Crippen LogP contribution in [0.15, 0.2) is 48.5 Å². The van der Waals surface area contributed by atoms with Gasteiger partial charge in [-0.3, -0.25) is 9.59 Å². The quantitative estimate of drug-likeness (QED) is 0.711. The number of halogens is 1. The number of amides is 4. The van der Waals surface area contributed by atoms with Gasteiger partial charge in [0.2, 0.25) is 5.91 Å². The van der Waals surface area contributed by atoms with E-state index in [-0.39, 0.29) is 18.4 Å². The molecular weight excluding hydrogens is 401 g/mol. The van der Waals surface area contributed by atoms with Crippen molar-refractivity contribution in [2.75, 3.05) is 17.3 Å². The number of hydrogen-bond donors (Lipinski definition) is 1. The van der Waals surface area contributed by atoms with Gasteiger partial charge in [0.1, 0.15) is 17.6 Å². The van der Waals surface area contributed by atoms with Crippen molar-refractivity contribution in [2.45, 2.75) is 44.2 Å². The molecule has 1 heterocycles. The number of rotatable bonds is 6. The molecule has 0 radical (unpaired) electrons. The Labute approximate surface area is 179 Å². The first-order chi connectivity index (χ1) is 15.0. The Kier molecular flexibility index (Phi) is 5.88. The number of hydrogen-bond acceptors (Lipinski definition) is 4. The van der Waals surface area contributed by atoms with Gasteiger partial charge in [-0.15, -0.1) is 0 Å². The van der Waals surface area contributed by atoms with E-state index in [2.05, 4.69) is 5.32 Å². The zero-order valence-corrected chi connectivity index (χ0v) is 17.2. The van der Waals surface area contributed by atoms with Crippen LogP contribution in [-0.4, -0.2) is 41.9 Å². The Morgan fingerprint density at radius 2 is 1.71 bits per heavy atom. The van der Waals surface area contributed by atoms with Gasteiger partial charge in [-0.25, -0.2) is 14.1 Å². The monoisotopic (exact) mass is 425 g/mol. The van der Waals surface area contributed by atoms with E-state index in [0.29, 0.717) is 17.1 Å². The summed E-state index contributed by atoms with van der Waals surface area (Å²) in [7, 11) is 1.56. The first-order valence-electron chi connectivity index (χ1n) is 10.3. The van der Waals surface area contributed by atoms with Crippen molar-refractivity contribution in [3.05, 3.63) is 54.3 Å². The minimum Gasteiger partial charge on any atom is -0.497 e. The molecule has 2 aliphatic rings. The molecule has 1 N–H and O–H groups in total. The number of carbonyl (C=O) groups excluding carboxylic acids is 3. The highest BCUT2D eigenvalue weighted by atomic mass is 19.1. The predicted octanol–water partition coefficient (Wildman–Crippen LogP) is 3.94. The van der Waals surface area contributed by atoms with Crippen LogP contribution in [0.25, 0.3) is 0 Å². The van der Waals surface area contributed by atoms with Crippen LogP contribution in [0.5, 0.6) is 5.75 Å². The minimum atomic E-state index is -0.890. The highest BCUT2D eigenvalue weighted by Gasteiger charge is 2.49. The number of benzene rings is 2. The van der Waals surface area contributed by atoms with Gasteiger partial charge in [0.05, 0.1) is 19.2 Å². The fraction of sp³-hybridized carbons (Fsp3) is 0.348. The molecule has 2 fully saturated rings. The summed E-state index contributed by atoms with van der Waals surface area (Å²) in [6.45, 7) is 0. The van der Waals surface area contributed by atoms with Crippen LogP contribution >= 0.6 is 0 Å². The number of nitrogens with one attached hydrogen (secondary N) is 1. The van der Waals surface area contributed by atoms with E-state index in [0.717, 1.165) is 30.6 Å². The van der Waals surface area contributed by atoms with Gasteiger partial charge < -0.3 is 15.0 Å². The number of urea groups is 1. The molecule has 2 aromatic carbocycles. The van der Waals surface area contributed by atoms with Crippen molar-refractivity contribution >= 4 is 29.2 Å². The van der Waals surface area contributed by atoms with Crippen molar-refractivity contribution in [1.82, 2.24) is 4.90 Å². The molecule has 1 saturated carbocycles. The number of methoxy groups -OCH3 is 1. The molecule has 1 saturated heterocycles. The Bertz CT molecular complexity index is 971. The second-order valence-electron chi connectivity index (χ2n) is 7.77. The van der Waals surface area contributed by atoms with Crippen LogP contribution in [0.1, 0.15) is 32.1 Å². The van der Waals surface area contributed by atoms with Gasteiger partial charge in [0.15, 0.2) is 0 Å². The number of carbonyl (C=O) groups is 3. The van der Waals surface area contributed by atoms with Crippen molar-refractivity contribution in [3.8, 4) is 5.75 Å². The van der Waals surface area contributed by atoms with Crippen molar-refractivity contribution < 1.29 is 23.5 Å². The van der Waals surface area contributed by atoms with Gasteiger partial charge in [-0.05, 0) is 61.4 Å². The molecule has 1 unspecified atom stereocenters. The number of imide groups is 1. The van der Waals surface area contributed by atoms with E-state index >= 15 is 0 Å². The largest absolute Gasteiger partial charge is 0.497 e. The molecule has 1 aliphatic carbocycles. The lowest BCUT2D eigenvalue weighted by molar-refractivity contribution is -0.124. The first kappa shape index (κ1) is 20.8. The highest BCUT2D eigenvalue weighted by molar-refractivity contribution is 6.22. The van der Waals surface area contributed by atoms with Crippen molar-refractivity contribution in [2.24, 2.45) is 0 Å². The van der Waals surface area contributed by atoms with E-state index in [1.807, 2.05) is 0 Å². The molecule has 31 heavy (non-hydrogen) atoms. The van der Waals surface area contributed by atoms with Crippen LogP contribution in [-0.2, 0) is 9.59 Å². The van der Waals surface area contributed by atoms with Crippen LogP contribution in [0.4, 0.5) is 20.6 Å². The molecule has 162 valence electrons. The van der Waals surface area contributed by atoms with E-state index in [1.54, 1.807) is 36.3 Å². The molecule has 1 aliphatic heterocycles. The third kappa shape index (κ3) is 4.23. The fourth-order valence-electron chi connectivity index (χ4n) is 4.28. The minimum absolute atomic E-state index is 0.0827. The van der Waals surface area contributed by atoms with Gasteiger partial charge in [0, 0.05) is 11.7 Å². The third-order valence-corrected chi connectivity index (χ3v) is 5.81. The van der Waals surface area contributed by atoms with Crippen LogP contribution in [0, 0.1) is 5.82 Å². The standard InChI is InChI=1S/C23H24FN3O4/c1-31-19-12-8-16(9-13-19)25-21(28)14-20-22(29)27(18-10-6-15(24)7-11-18)23(30)26(20)17-4-2-3-5-17/h6-13,17,20H,2-5,14H2,1H3,(H,25,28). The van der Waals surface area contributed by atoms with Crippen LogP contribution in [0.3, 0.4) is 0 Å². The summed E-state index contributed by atoms with van der Waals surface area (Å²) in [6.07, 6.45) is 3.40. The number of anilines is 2. The summed E-state index contributed by atoms with van der Waals surface area (Å²) in [4.78, 5) is 41.7. The Hall–Kier alpha value is -3.42. The molecule has 2 aromatic rings. The highest BCUT2D eigenvalue weighted by Crippen LogP contribution is 2.34. The first-order valence-corrected chi connectivity index (χ1v) is 10.3. The summed E-state index contributed by atoms with van der Waals surface area (Å²) >= 11 is 0. The van der Waals surface area contributed by atoms with Crippen molar-refractivity contribution in [3.63, 3.8) is 0 Å². The van der Waals surface area contributed by atoms with E-state index in [9.17, 15) is 18.8 Å². The van der Waals surface area contributed by atoms with Crippen LogP contribution < -0.4 is 15.0 Å². The molecular formula is C23H24FN3O4. The van der Waals surface area contributed by atoms with Gasteiger partial charge in [-0.1, -0.05) is 12.8 Å². The number of ether oxygens (including phenoxy) is 1. The zero-order chi connectivity index (χ0) is 22.0. The average Bonchev–Trinajstić information content (AvgIpc) is 3.36. The predicted molar refractivity (Wildman–Crippen MR) is 113 cm³/mol. The summed E-state index contributed by atoms with van der Waals surface area (Å²) in [5, 5.41) is 2.78. The average molecular weight is 425 g/mol. The number of nitrogens with zero attached hydrogens (tertiary/aromatic N) is 2. The second kappa shape index (κ2) is 8.75. The Balaban J connectivity index is 1.55. The fourth-order valence-corrected chi connectivity index (χ4v) is 4.28.